The van der Waals surface area contributed by atoms with E-state index in [0.717, 1.165) is 0 Å². The first kappa shape index (κ1) is 14.3. The van der Waals surface area contributed by atoms with Gasteiger partial charge in [0.05, 0.1) is 0 Å². The largest absolute Gasteiger partial charge is 2.00 e. The minimum Gasteiger partial charge on any atom is -1.00 e. The van der Waals surface area contributed by atoms with Crippen LogP contribution >= 0.6 is 0 Å². The molecule has 1 aliphatic heterocycles. The zero-order valence-corrected chi connectivity index (χ0v) is 11.4. The Hall–Kier alpha value is 0.266. The molecule has 1 aromatic carbocycles. The maximum absolute atomic E-state index is 3.05. The zero-order chi connectivity index (χ0) is 8.23. The quantitative estimate of drug-likeness (QED) is 0.469. The van der Waals surface area contributed by atoms with Crippen LogP contribution in [0, 0.1) is 6.07 Å². The Balaban J connectivity index is 0.000000845. The van der Waals surface area contributed by atoms with E-state index in [4.69, 9.17) is 0 Å². The number of hydrogen-bond donors (Lipinski definition) is 0. The summed E-state index contributed by atoms with van der Waals surface area (Å²) in [6.45, 7) is 2.45. The minimum absolute atomic E-state index is 0. The SMILES string of the molecule is [Br-].[Mg+2].[c-]1ccc(N2CCCCC2)cc1. The van der Waals surface area contributed by atoms with Crippen LogP contribution in [0.2, 0.25) is 0 Å². The number of rotatable bonds is 1. The molecule has 1 heterocycles. The molecular formula is C11H14BrMgN. The van der Waals surface area contributed by atoms with Crippen LogP contribution in [0.3, 0.4) is 0 Å². The zero-order valence-electron chi connectivity index (χ0n) is 8.38. The average Bonchev–Trinajstić information content (AvgIpc) is 2.21. The summed E-state index contributed by atoms with van der Waals surface area (Å²) in [7, 11) is 0. The monoisotopic (exact) mass is 263 g/mol. The second kappa shape index (κ2) is 7.54. The Morgan fingerprint density at radius 1 is 1.00 bits per heavy atom. The Morgan fingerprint density at radius 2 is 1.57 bits per heavy atom. The van der Waals surface area contributed by atoms with E-state index in [9.17, 15) is 0 Å². The van der Waals surface area contributed by atoms with Crippen LogP contribution in [0.5, 0.6) is 0 Å². The summed E-state index contributed by atoms with van der Waals surface area (Å²) in [6.07, 6.45) is 4.09. The Labute approximate surface area is 113 Å². The van der Waals surface area contributed by atoms with E-state index in [-0.39, 0.29) is 40.0 Å². The van der Waals surface area contributed by atoms with Gasteiger partial charge in [-0.25, -0.2) is 0 Å². The normalized spacial score (nSPS) is 15.3. The van der Waals surface area contributed by atoms with Crippen molar-refractivity contribution in [3.8, 4) is 0 Å². The maximum atomic E-state index is 3.05. The summed E-state index contributed by atoms with van der Waals surface area (Å²) >= 11 is 0. The van der Waals surface area contributed by atoms with Crippen LogP contribution in [0.15, 0.2) is 24.3 Å². The van der Waals surface area contributed by atoms with E-state index in [1.54, 1.807) is 0 Å². The van der Waals surface area contributed by atoms with E-state index >= 15 is 0 Å². The molecule has 1 aliphatic rings. The Bertz CT molecular complexity index is 234. The molecule has 1 nitrogen and oxygen atoms in total. The summed E-state index contributed by atoms with van der Waals surface area (Å²) in [5.41, 5.74) is 1.36. The molecule has 0 aromatic heterocycles. The third-order valence-corrected chi connectivity index (χ3v) is 2.42. The van der Waals surface area contributed by atoms with Crippen LogP contribution in [0.25, 0.3) is 0 Å². The molecule has 0 bridgehead atoms. The smallest absolute Gasteiger partial charge is 1.00 e. The van der Waals surface area contributed by atoms with E-state index < -0.39 is 0 Å². The molecule has 72 valence electrons. The number of piperidine rings is 1. The molecule has 0 saturated carbocycles. The summed E-state index contributed by atoms with van der Waals surface area (Å²) in [5, 5.41) is 0. The van der Waals surface area contributed by atoms with Gasteiger partial charge in [-0.05, 0) is 19.3 Å². The molecule has 1 saturated heterocycles. The predicted molar refractivity (Wildman–Crippen MR) is 57.1 cm³/mol. The predicted octanol–water partition coefficient (Wildman–Crippen LogP) is -0.900. The van der Waals surface area contributed by atoms with E-state index in [2.05, 4.69) is 23.1 Å². The van der Waals surface area contributed by atoms with Gasteiger partial charge in [-0.15, -0.1) is 12.1 Å². The summed E-state index contributed by atoms with van der Waals surface area (Å²) in [5.74, 6) is 0. The van der Waals surface area contributed by atoms with Crippen molar-refractivity contribution in [1.82, 2.24) is 0 Å². The van der Waals surface area contributed by atoms with Crippen LogP contribution < -0.4 is 21.9 Å². The molecule has 1 aromatic rings. The van der Waals surface area contributed by atoms with Gasteiger partial charge in [0, 0.05) is 13.1 Å². The van der Waals surface area contributed by atoms with Gasteiger partial charge in [0.25, 0.3) is 0 Å². The van der Waals surface area contributed by atoms with E-state index in [1.165, 1.54) is 38.0 Å². The van der Waals surface area contributed by atoms with Gasteiger partial charge in [-0.3, -0.25) is 0 Å². The molecule has 1 fully saturated rings. The molecule has 0 amide bonds. The summed E-state index contributed by atoms with van der Waals surface area (Å²) in [6, 6.07) is 11.3. The molecule has 0 atom stereocenters. The number of benzene rings is 1. The van der Waals surface area contributed by atoms with E-state index in [1.807, 2.05) is 12.1 Å². The Kier molecular flexibility index (Phi) is 7.69. The van der Waals surface area contributed by atoms with Crippen molar-refractivity contribution < 1.29 is 17.0 Å². The Morgan fingerprint density at radius 3 is 2.14 bits per heavy atom. The second-order valence-corrected chi connectivity index (χ2v) is 3.31. The number of hydrogen-bond acceptors (Lipinski definition) is 1. The third-order valence-electron chi connectivity index (χ3n) is 2.42. The van der Waals surface area contributed by atoms with Crippen molar-refractivity contribution in [2.45, 2.75) is 19.3 Å². The van der Waals surface area contributed by atoms with Gasteiger partial charge in [0.2, 0.25) is 0 Å². The first-order chi connectivity index (χ1) is 5.97. The van der Waals surface area contributed by atoms with Crippen molar-refractivity contribution >= 4 is 28.7 Å². The van der Waals surface area contributed by atoms with Crippen molar-refractivity contribution in [3.63, 3.8) is 0 Å². The van der Waals surface area contributed by atoms with Crippen molar-refractivity contribution in [2.75, 3.05) is 18.0 Å². The van der Waals surface area contributed by atoms with Gasteiger partial charge in [0.1, 0.15) is 0 Å². The molecule has 2 rings (SSSR count). The maximum Gasteiger partial charge on any atom is 2.00 e. The minimum atomic E-state index is 0. The van der Waals surface area contributed by atoms with Crippen molar-refractivity contribution in [1.29, 1.82) is 0 Å². The summed E-state index contributed by atoms with van der Waals surface area (Å²) in [4.78, 5) is 2.46. The number of nitrogens with zero attached hydrogens (tertiary/aromatic N) is 1. The topological polar surface area (TPSA) is 3.24 Å². The fourth-order valence-corrected chi connectivity index (χ4v) is 1.74. The average molecular weight is 264 g/mol. The van der Waals surface area contributed by atoms with Crippen LogP contribution in [-0.4, -0.2) is 36.1 Å². The molecule has 0 unspecified atom stereocenters. The third kappa shape index (κ3) is 3.79. The van der Waals surface area contributed by atoms with Crippen molar-refractivity contribution in [3.05, 3.63) is 30.3 Å². The first-order valence-corrected chi connectivity index (χ1v) is 4.68. The number of anilines is 1. The molecular weight excluding hydrogens is 250 g/mol. The first-order valence-electron chi connectivity index (χ1n) is 4.68. The van der Waals surface area contributed by atoms with Crippen LogP contribution in [-0.2, 0) is 0 Å². The fourth-order valence-electron chi connectivity index (χ4n) is 1.74. The van der Waals surface area contributed by atoms with E-state index in [0.29, 0.717) is 0 Å². The van der Waals surface area contributed by atoms with Gasteiger partial charge < -0.3 is 21.9 Å². The number of halogens is 1. The fraction of sp³-hybridized carbons (Fsp3) is 0.455. The van der Waals surface area contributed by atoms with Gasteiger partial charge in [-0.2, -0.15) is 18.2 Å². The van der Waals surface area contributed by atoms with Crippen molar-refractivity contribution in [2.24, 2.45) is 0 Å². The van der Waals surface area contributed by atoms with Crippen LogP contribution in [0.1, 0.15) is 19.3 Å². The van der Waals surface area contributed by atoms with Gasteiger partial charge >= 0.3 is 23.1 Å². The van der Waals surface area contributed by atoms with Gasteiger partial charge in [-0.1, -0.05) is 5.69 Å². The molecule has 0 radical (unpaired) electrons. The van der Waals surface area contributed by atoms with Crippen LogP contribution in [0.4, 0.5) is 5.69 Å². The second-order valence-electron chi connectivity index (χ2n) is 3.31. The molecule has 14 heavy (non-hydrogen) atoms. The summed E-state index contributed by atoms with van der Waals surface area (Å²) < 4.78 is 0. The molecule has 0 aliphatic carbocycles. The standard InChI is InChI=1S/C11H14N.BrH.Mg/c1-3-7-11(8-4-1)12-9-5-2-6-10-12;;/h3-4,7-8H,2,5-6,9-10H2;1H;/q-1;;+2/p-1. The molecule has 0 spiro atoms. The molecule has 3 heteroatoms. The van der Waals surface area contributed by atoms with Gasteiger partial charge in [0.15, 0.2) is 0 Å². The molecule has 0 N–H and O–H groups in total.